The summed E-state index contributed by atoms with van der Waals surface area (Å²) in [6.45, 7) is 3.07. The molecular weight excluding hydrogens is 426 g/mol. The third kappa shape index (κ3) is 4.08. The number of likely N-dealkylation sites (N-methyl/N-ethyl adjacent to an activating group) is 1. The summed E-state index contributed by atoms with van der Waals surface area (Å²) in [5, 5.41) is 10.3. The van der Waals surface area contributed by atoms with Gasteiger partial charge in [0.1, 0.15) is 8.42 Å². The predicted molar refractivity (Wildman–Crippen MR) is 101 cm³/mol. The van der Waals surface area contributed by atoms with Crippen molar-refractivity contribution in [2.24, 2.45) is 5.14 Å². The van der Waals surface area contributed by atoms with Crippen molar-refractivity contribution >= 4 is 55.1 Å². The molecule has 12 heteroatoms. The van der Waals surface area contributed by atoms with Crippen LogP contribution in [-0.2, 0) is 26.6 Å². The van der Waals surface area contributed by atoms with E-state index in [2.05, 4.69) is 5.32 Å². The van der Waals surface area contributed by atoms with Crippen LogP contribution < -0.4 is 10.5 Å². The predicted octanol–water partition coefficient (Wildman–Crippen LogP) is 1.73. The van der Waals surface area contributed by atoms with Gasteiger partial charge in [-0.1, -0.05) is 13.0 Å². The Morgan fingerprint density at radius 3 is 2.72 bits per heavy atom. The number of hydrogen-bond acceptors (Lipinski definition) is 7. The highest BCUT2D eigenvalue weighted by Crippen LogP contribution is 2.40. The first-order valence-corrected chi connectivity index (χ1v) is 11.8. The molecule has 1 unspecified atom stereocenters. The minimum absolute atomic E-state index is 0. The minimum atomic E-state index is -3.94. The van der Waals surface area contributed by atoms with Crippen LogP contribution in [0.4, 0.5) is 0 Å². The normalized spacial score (nSPS) is 20.0. The summed E-state index contributed by atoms with van der Waals surface area (Å²) in [6, 6.07) is 4.86. The van der Waals surface area contributed by atoms with E-state index in [4.69, 9.17) is 5.14 Å². The van der Waals surface area contributed by atoms with Crippen molar-refractivity contribution in [3.63, 3.8) is 0 Å². The van der Waals surface area contributed by atoms with Crippen molar-refractivity contribution in [1.29, 1.82) is 0 Å². The fourth-order valence-electron chi connectivity index (χ4n) is 2.61. The molecule has 3 rings (SSSR count). The molecule has 0 spiro atoms. The molecule has 0 fully saturated rings. The summed E-state index contributed by atoms with van der Waals surface area (Å²) < 4.78 is 50.4. The summed E-state index contributed by atoms with van der Waals surface area (Å²) in [5.74, 6) is 0. The highest BCUT2D eigenvalue weighted by Gasteiger charge is 2.39. The number of primary sulfonamides is 1. The quantitative estimate of drug-likeness (QED) is 0.731. The molecule has 7 nitrogen and oxygen atoms in total. The van der Waals surface area contributed by atoms with E-state index in [-0.39, 0.29) is 40.0 Å². The largest absolute Gasteiger partial charge is 0.309 e. The summed E-state index contributed by atoms with van der Waals surface area (Å²) >= 11 is 2.20. The Hall–Kier alpha value is -0.530. The lowest BCUT2D eigenvalue weighted by molar-refractivity contribution is 0.341. The maximum Gasteiger partial charge on any atom is 0.253 e. The topological polar surface area (TPSA) is 110 Å². The molecule has 0 bridgehead atoms. The van der Waals surface area contributed by atoms with Crippen molar-refractivity contribution in [3.8, 4) is 0 Å². The number of nitrogens with zero attached hydrogens (tertiary/aromatic N) is 1. The molecule has 25 heavy (non-hydrogen) atoms. The van der Waals surface area contributed by atoms with E-state index in [1.807, 2.05) is 24.4 Å². The Labute approximate surface area is 161 Å². The fraction of sp³-hybridized carbons (Fsp3) is 0.385. The van der Waals surface area contributed by atoms with Gasteiger partial charge in [0, 0.05) is 29.6 Å². The molecule has 0 aromatic carbocycles. The van der Waals surface area contributed by atoms with Crippen LogP contribution >= 0.6 is 35.1 Å². The molecular formula is C13H18ClN3O4S4. The fourth-order valence-corrected chi connectivity index (χ4v) is 7.66. The van der Waals surface area contributed by atoms with E-state index in [0.717, 1.165) is 4.88 Å². The van der Waals surface area contributed by atoms with Gasteiger partial charge in [0.05, 0.1) is 0 Å². The monoisotopic (exact) mass is 443 g/mol. The van der Waals surface area contributed by atoms with Crippen LogP contribution in [0.3, 0.4) is 0 Å². The Bertz CT molecular complexity index is 938. The number of rotatable bonds is 5. The van der Waals surface area contributed by atoms with Gasteiger partial charge < -0.3 is 5.32 Å². The summed E-state index contributed by atoms with van der Waals surface area (Å²) in [4.78, 5) is 0.931. The summed E-state index contributed by atoms with van der Waals surface area (Å²) in [7, 11) is -7.69. The second-order valence-electron chi connectivity index (χ2n) is 5.34. The third-order valence-electron chi connectivity index (χ3n) is 3.68. The van der Waals surface area contributed by atoms with E-state index in [9.17, 15) is 16.8 Å². The van der Waals surface area contributed by atoms with Gasteiger partial charge in [0.15, 0.2) is 0 Å². The van der Waals surface area contributed by atoms with Crippen LogP contribution in [0.15, 0.2) is 32.0 Å². The average Bonchev–Trinajstić information content (AvgIpc) is 3.13. The second-order valence-corrected chi connectivity index (χ2v) is 11.3. The number of nitrogens with one attached hydrogen (secondary N) is 1. The minimum Gasteiger partial charge on any atom is -0.309 e. The summed E-state index contributed by atoms with van der Waals surface area (Å²) in [6.07, 6.45) is 0. The summed E-state index contributed by atoms with van der Waals surface area (Å²) in [5.41, 5.74) is 0.480. The van der Waals surface area contributed by atoms with E-state index < -0.39 is 20.0 Å². The first kappa shape index (κ1) is 20.8. The molecule has 0 saturated carbocycles. The van der Waals surface area contributed by atoms with Crippen LogP contribution in [0.1, 0.15) is 23.4 Å². The molecule has 140 valence electrons. The van der Waals surface area contributed by atoms with Gasteiger partial charge in [-0.25, -0.2) is 22.0 Å². The molecule has 2 aromatic rings. The van der Waals surface area contributed by atoms with Crippen molar-refractivity contribution < 1.29 is 16.8 Å². The van der Waals surface area contributed by atoms with Crippen LogP contribution in [0, 0.1) is 0 Å². The number of sulfonamides is 2. The van der Waals surface area contributed by atoms with E-state index in [1.165, 1.54) is 21.7 Å². The Balaban J connectivity index is 0.00000225. The molecule has 0 saturated heterocycles. The van der Waals surface area contributed by atoms with Crippen LogP contribution in [0.25, 0.3) is 0 Å². The van der Waals surface area contributed by atoms with Gasteiger partial charge in [-0.05, 0) is 24.1 Å². The zero-order chi connectivity index (χ0) is 17.5. The maximum absolute atomic E-state index is 12.9. The molecule has 0 radical (unpaired) electrons. The van der Waals surface area contributed by atoms with E-state index in [0.29, 0.717) is 23.4 Å². The van der Waals surface area contributed by atoms with Crippen molar-refractivity contribution in [3.05, 3.63) is 34.0 Å². The molecule has 1 atom stereocenters. The Morgan fingerprint density at radius 2 is 2.16 bits per heavy atom. The molecule has 0 aliphatic carbocycles. The highest BCUT2D eigenvalue weighted by atomic mass is 35.5. The SMILES string of the molecule is CCNC1CN(Cc2cccs2)S(=O)(=O)c2sc(S(N)(=O)=O)cc21.Cl. The second kappa shape index (κ2) is 7.61. The average molecular weight is 444 g/mol. The van der Waals surface area contributed by atoms with E-state index in [1.54, 1.807) is 0 Å². The van der Waals surface area contributed by atoms with Crippen molar-refractivity contribution in [1.82, 2.24) is 9.62 Å². The van der Waals surface area contributed by atoms with Crippen LogP contribution in [0.2, 0.25) is 0 Å². The lowest BCUT2D eigenvalue weighted by Gasteiger charge is -2.32. The van der Waals surface area contributed by atoms with Gasteiger partial charge >= 0.3 is 0 Å². The van der Waals surface area contributed by atoms with Crippen molar-refractivity contribution in [2.45, 2.75) is 27.9 Å². The number of hydrogen-bond donors (Lipinski definition) is 2. The number of thiophene rings is 2. The zero-order valence-corrected chi connectivity index (χ0v) is 17.3. The molecule has 0 amide bonds. The molecule has 2 aromatic heterocycles. The molecule has 3 N–H and O–H groups in total. The van der Waals surface area contributed by atoms with Gasteiger partial charge in [0.25, 0.3) is 10.0 Å². The Kier molecular flexibility index (Phi) is 6.32. The first-order chi connectivity index (χ1) is 11.2. The zero-order valence-electron chi connectivity index (χ0n) is 13.2. The number of fused-ring (bicyclic) bond motifs is 1. The number of halogens is 1. The van der Waals surface area contributed by atoms with E-state index >= 15 is 0 Å². The Morgan fingerprint density at radius 1 is 1.44 bits per heavy atom. The van der Waals surface area contributed by atoms with Gasteiger partial charge in [-0.15, -0.1) is 35.1 Å². The van der Waals surface area contributed by atoms with Crippen LogP contribution in [0.5, 0.6) is 0 Å². The third-order valence-corrected chi connectivity index (χ3v) is 9.45. The van der Waals surface area contributed by atoms with Crippen molar-refractivity contribution in [2.75, 3.05) is 13.1 Å². The molecule has 1 aliphatic heterocycles. The lowest BCUT2D eigenvalue weighted by Crippen LogP contribution is -2.42. The molecule has 3 heterocycles. The first-order valence-electron chi connectivity index (χ1n) is 7.16. The maximum atomic E-state index is 12.9. The lowest BCUT2D eigenvalue weighted by atomic mass is 10.1. The van der Waals surface area contributed by atoms with Crippen LogP contribution in [-0.4, -0.2) is 34.2 Å². The standard InChI is InChI=1S/C13H17N3O4S4.ClH/c1-2-15-11-8-16(7-9-4-3-5-21-9)24(19,20)13-10(11)6-12(22-13)23(14,17)18;/h3-6,11,15H,2,7-8H2,1H3,(H2,14,17,18);1H. The van der Waals surface area contributed by atoms with Gasteiger partial charge in [-0.2, -0.15) is 4.31 Å². The highest BCUT2D eigenvalue weighted by molar-refractivity contribution is 7.94. The smallest absolute Gasteiger partial charge is 0.253 e. The van der Waals surface area contributed by atoms with Gasteiger partial charge in [-0.3, -0.25) is 0 Å². The van der Waals surface area contributed by atoms with Gasteiger partial charge in [0.2, 0.25) is 10.0 Å². The number of nitrogens with two attached hydrogens (primary N) is 1. The molecule has 1 aliphatic rings.